The summed E-state index contributed by atoms with van der Waals surface area (Å²) in [5.41, 5.74) is 2.63. The van der Waals surface area contributed by atoms with Crippen molar-refractivity contribution in [3.8, 4) is 11.3 Å². The van der Waals surface area contributed by atoms with E-state index in [4.69, 9.17) is 0 Å². The van der Waals surface area contributed by atoms with Gasteiger partial charge in [-0.2, -0.15) is 0 Å². The number of anilines is 2. The zero-order chi connectivity index (χ0) is 17.9. The lowest BCUT2D eigenvalue weighted by molar-refractivity contribution is -0.114. The van der Waals surface area contributed by atoms with Gasteiger partial charge >= 0.3 is 0 Å². The third kappa shape index (κ3) is 4.57. The molecule has 3 heterocycles. The van der Waals surface area contributed by atoms with E-state index in [1.54, 1.807) is 0 Å². The summed E-state index contributed by atoms with van der Waals surface area (Å²) >= 11 is 0. The summed E-state index contributed by atoms with van der Waals surface area (Å²) in [4.78, 5) is 25.4. The Hall–Kier alpha value is -2.18. The second-order valence-corrected chi connectivity index (χ2v) is 7.15. The number of amides is 1. The number of carbonyl (C=O) groups is 1. The maximum Gasteiger partial charge on any atom is 0.221 e. The second-order valence-electron chi connectivity index (χ2n) is 7.15. The zero-order valence-corrected chi connectivity index (χ0v) is 16.4. The summed E-state index contributed by atoms with van der Waals surface area (Å²) in [5.74, 6) is 0.897. The maximum absolute atomic E-state index is 11.1. The second kappa shape index (κ2) is 8.67. The molecule has 2 aliphatic rings. The fourth-order valence-corrected chi connectivity index (χ4v) is 3.93. The van der Waals surface area contributed by atoms with E-state index < -0.39 is 0 Å². The quantitative estimate of drug-likeness (QED) is 0.876. The van der Waals surface area contributed by atoms with Gasteiger partial charge in [0.2, 0.25) is 5.91 Å². The zero-order valence-electron chi connectivity index (χ0n) is 15.6. The summed E-state index contributed by atoms with van der Waals surface area (Å²) in [6, 6.07) is 8.34. The highest BCUT2D eigenvalue weighted by Gasteiger charge is 2.29. The number of nitrogens with one attached hydrogen (secondary N) is 1. The van der Waals surface area contributed by atoms with Crippen LogP contribution in [0, 0.1) is 0 Å². The van der Waals surface area contributed by atoms with Gasteiger partial charge in [0.05, 0.1) is 18.1 Å². The molecule has 1 unspecified atom stereocenters. The number of benzene rings is 1. The Labute approximate surface area is 166 Å². The molecule has 0 saturated carbocycles. The van der Waals surface area contributed by atoms with E-state index in [1.807, 2.05) is 36.7 Å². The van der Waals surface area contributed by atoms with Crippen LogP contribution in [0.25, 0.3) is 11.3 Å². The van der Waals surface area contributed by atoms with E-state index in [-0.39, 0.29) is 18.3 Å². The van der Waals surface area contributed by atoms with Crippen molar-refractivity contribution in [3.05, 3.63) is 36.7 Å². The van der Waals surface area contributed by atoms with Gasteiger partial charge in [-0.3, -0.25) is 14.7 Å². The standard InChI is InChI=1S/C20H25N5O.ClH/c1-15(26)23-17-7-5-16(6-8-17)19-12-22-20(13-21-19)25-11-10-24-9-3-2-4-18(24)14-25;/h5-8,12-13,18H,2-4,9-11,14H2,1H3,(H,23,26);1H. The summed E-state index contributed by atoms with van der Waals surface area (Å²) in [7, 11) is 0. The Kier molecular flexibility index (Phi) is 6.29. The molecule has 1 N–H and O–H groups in total. The van der Waals surface area contributed by atoms with Crippen molar-refractivity contribution in [2.45, 2.75) is 32.2 Å². The van der Waals surface area contributed by atoms with Crippen LogP contribution in [0.15, 0.2) is 36.7 Å². The predicted molar refractivity (Wildman–Crippen MR) is 110 cm³/mol. The van der Waals surface area contributed by atoms with Crippen LogP contribution in [0.2, 0.25) is 0 Å². The minimum atomic E-state index is -0.0695. The van der Waals surface area contributed by atoms with Crippen LogP contribution in [-0.2, 0) is 4.79 Å². The van der Waals surface area contributed by atoms with Crippen molar-refractivity contribution in [2.75, 3.05) is 36.4 Å². The Morgan fingerprint density at radius 2 is 1.89 bits per heavy atom. The first-order chi connectivity index (χ1) is 12.7. The Bertz CT molecular complexity index is 765. The van der Waals surface area contributed by atoms with Gasteiger partial charge in [0.15, 0.2) is 0 Å². The van der Waals surface area contributed by atoms with E-state index in [0.29, 0.717) is 6.04 Å². The summed E-state index contributed by atoms with van der Waals surface area (Å²) < 4.78 is 0. The van der Waals surface area contributed by atoms with Gasteiger partial charge in [-0.15, -0.1) is 12.4 Å². The average molecular weight is 388 g/mol. The van der Waals surface area contributed by atoms with Crippen LogP contribution in [0.3, 0.4) is 0 Å². The molecule has 144 valence electrons. The third-order valence-electron chi connectivity index (χ3n) is 5.30. The number of halogens is 1. The highest BCUT2D eigenvalue weighted by molar-refractivity contribution is 5.88. The molecule has 0 bridgehead atoms. The van der Waals surface area contributed by atoms with Crippen molar-refractivity contribution in [2.24, 2.45) is 0 Å². The van der Waals surface area contributed by atoms with E-state index in [0.717, 1.165) is 42.4 Å². The number of aromatic nitrogens is 2. The topological polar surface area (TPSA) is 61.4 Å². The normalized spacial score (nSPS) is 19.7. The van der Waals surface area contributed by atoms with Crippen molar-refractivity contribution in [3.63, 3.8) is 0 Å². The monoisotopic (exact) mass is 387 g/mol. The lowest BCUT2D eigenvalue weighted by atomic mass is 9.99. The van der Waals surface area contributed by atoms with Gasteiger partial charge in [-0.25, -0.2) is 4.98 Å². The SMILES string of the molecule is CC(=O)Nc1ccc(-c2cnc(N3CCN4CCCCC4C3)cn2)cc1.Cl. The van der Waals surface area contributed by atoms with Crippen LogP contribution in [0.1, 0.15) is 26.2 Å². The molecule has 1 aromatic carbocycles. The first kappa shape index (κ1) is 19.6. The summed E-state index contributed by atoms with van der Waals surface area (Å²) in [6.07, 6.45) is 7.70. The van der Waals surface area contributed by atoms with Crippen molar-refractivity contribution >= 4 is 29.8 Å². The predicted octanol–water partition coefficient (Wildman–Crippen LogP) is 3.20. The molecule has 0 radical (unpaired) electrons. The first-order valence-electron chi connectivity index (χ1n) is 9.38. The number of rotatable bonds is 3. The molecule has 1 atom stereocenters. The van der Waals surface area contributed by atoms with Gasteiger partial charge in [-0.05, 0) is 31.5 Å². The number of hydrogen-bond acceptors (Lipinski definition) is 5. The lowest BCUT2D eigenvalue weighted by Gasteiger charge is -2.44. The number of piperidine rings is 1. The number of piperazine rings is 1. The third-order valence-corrected chi connectivity index (χ3v) is 5.30. The van der Waals surface area contributed by atoms with E-state index in [2.05, 4.69) is 25.1 Å². The Morgan fingerprint density at radius 1 is 1.07 bits per heavy atom. The Balaban J connectivity index is 0.00000210. The minimum Gasteiger partial charge on any atom is -0.352 e. The molecule has 4 rings (SSSR count). The molecule has 0 aliphatic carbocycles. The van der Waals surface area contributed by atoms with Crippen molar-refractivity contribution in [1.29, 1.82) is 0 Å². The molecule has 1 aromatic heterocycles. The maximum atomic E-state index is 11.1. The molecule has 0 spiro atoms. The molecular formula is C20H26ClN5O. The van der Waals surface area contributed by atoms with Crippen LogP contribution >= 0.6 is 12.4 Å². The molecule has 27 heavy (non-hydrogen) atoms. The van der Waals surface area contributed by atoms with Crippen LogP contribution in [0.5, 0.6) is 0 Å². The average Bonchev–Trinajstić information content (AvgIpc) is 2.68. The van der Waals surface area contributed by atoms with E-state index in [1.165, 1.54) is 32.7 Å². The number of nitrogens with zero attached hydrogens (tertiary/aromatic N) is 4. The molecule has 2 saturated heterocycles. The number of carbonyl (C=O) groups excluding carboxylic acids is 1. The van der Waals surface area contributed by atoms with E-state index >= 15 is 0 Å². The van der Waals surface area contributed by atoms with Crippen LogP contribution in [0.4, 0.5) is 11.5 Å². The van der Waals surface area contributed by atoms with Crippen LogP contribution < -0.4 is 10.2 Å². The molecule has 1 amide bonds. The van der Waals surface area contributed by atoms with Crippen molar-refractivity contribution in [1.82, 2.24) is 14.9 Å². The smallest absolute Gasteiger partial charge is 0.221 e. The Morgan fingerprint density at radius 3 is 2.59 bits per heavy atom. The summed E-state index contributed by atoms with van der Waals surface area (Å²) in [6.45, 7) is 5.96. The summed E-state index contributed by atoms with van der Waals surface area (Å²) in [5, 5.41) is 2.77. The number of hydrogen-bond donors (Lipinski definition) is 1. The van der Waals surface area contributed by atoms with Gasteiger partial charge in [0, 0.05) is 43.9 Å². The number of fused-ring (bicyclic) bond motifs is 1. The molecule has 2 aromatic rings. The van der Waals surface area contributed by atoms with E-state index in [9.17, 15) is 4.79 Å². The molecule has 2 fully saturated rings. The van der Waals surface area contributed by atoms with Gasteiger partial charge in [-0.1, -0.05) is 18.6 Å². The molecular weight excluding hydrogens is 362 g/mol. The minimum absolute atomic E-state index is 0. The fraction of sp³-hybridized carbons (Fsp3) is 0.450. The largest absolute Gasteiger partial charge is 0.352 e. The highest BCUT2D eigenvalue weighted by Crippen LogP contribution is 2.25. The van der Waals surface area contributed by atoms with Gasteiger partial charge < -0.3 is 10.2 Å². The highest BCUT2D eigenvalue weighted by atomic mass is 35.5. The van der Waals surface area contributed by atoms with Crippen molar-refractivity contribution < 1.29 is 4.79 Å². The van der Waals surface area contributed by atoms with Crippen LogP contribution in [-0.4, -0.2) is 53.0 Å². The van der Waals surface area contributed by atoms with Gasteiger partial charge in [0.1, 0.15) is 5.82 Å². The first-order valence-corrected chi connectivity index (χ1v) is 9.38. The lowest BCUT2D eigenvalue weighted by Crippen LogP contribution is -2.55. The van der Waals surface area contributed by atoms with Gasteiger partial charge in [0.25, 0.3) is 0 Å². The molecule has 6 nitrogen and oxygen atoms in total. The molecule has 2 aliphatic heterocycles. The molecule has 7 heteroatoms. The fourth-order valence-electron chi connectivity index (χ4n) is 3.93.